The van der Waals surface area contributed by atoms with Crippen LogP contribution in [0.1, 0.15) is 19.3 Å². The summed E-state index contributed by atoms with van der Waals surface area (Å²) in [5.74, 6) is -0.220. The SMILES string of the molecule is O=C(C(Cl)=NNc1ccc(Cl)cc1)N1CCCCC1. The van der Waals surface area contributed by atoms with Crippen LogP contribution in [0.25, 0.3) is 0 Å². The molecule has 6 heteroatoms. The number of hydrogen-bond acceptors (Lipinski definition) is 3. The predicted octanol–water partition coefficient (Wildman–Crippen LogP) is 3.32. The molecular formula is C13H15Cl2N3O. The largest absolute Gasteiger partial charge is 0.336 e. The van der Waals surface area contributed by atoms with E-state index < -0.39 is 0 Å². The van der Waals surface area contributed by atoms with Crippen molar-refractivity contribution in [1.29, 1.82) is 0 Å². The van der Waals surface area contributed by atoms with Gasteiger partial charge in [0.05, 0.1) is 5.69 Å². The maximum atomic E-state index is 12.0. The minimum atomic E-state index is -0.220. The van der Waals surface area contributed by atoms with Crippen molar-refractivity contribution in [3.05, 3.63) is 29.3 Å². The van der Waals surface area contributed by atoms with Crippen molar-refractivity contribution in [3.63, 3.8) is 0 Å². The standard InChI is InChI=1S/C13H15Cl2N3O/c14-10-4-6-11(7-5-10)16-17-12(15)13(19)18-8-2-1-3-9-18/h4-7,16H,1-3,8-9H2. The molecule has 1 aliphatic rings. The summed E-state index contributed by atoms with van der Waals surface area (Å²) in [7, 11) is 0. The second-order valence-electron chi connectivity index (χ2n) is 4.37. The minimum Gasteiger partial charge on any atom is -0.336 e. The summed E-state index contributed by atoms with van der Waals surface area (Å²) in [4.78, 5) is 13.7. The fraction of sp³-hybridized carbons (Fsp3) is 0.385. The Morgan fingerprint density at radius 3 is 2.42 bits per heavy atom. The third-order valence-corrected chi connectivity index (χ3v) is 3.45. The molecule has 1 aliphatic heterocycles. The molecule has 1 N–H and O–H groups in total. The first kappa shape index (κ1) is 14.2. The highest BCUT2D eigenvalue weighted by molar-refractivity contribution is 6.82. The lowest BCUT2D eigenvalue weighted by Gasteiger charge is -2.25. The monoisotopic (exact) mass is 299 g/mol. The lowest BCUT2D eigenvalue weighted by atomic mass is 10.1. The topological polar surface area (TPSA) is 44.7 Å². The van der Waals surface area contributed by atoms with Crippen molar-refractivity contribution in [3.8, 4) is 0 Å². The van der Waals surface area contributed by atoms with Gasteiger partial charge in [-0.2, -0.15) is 5.10 Å². The van der Waals surface area contributed by atoms with Crippen molar-refractivity contribution in [2.24, 2.45) is 5.10 Å². The summed E-state index contributed by atoms with van der Waals surface area (Å²) in [6, 6.07) is 7.00. The summed E-state index contributed by atoms with van der Waals surface area (Å²) in [5.41, 5.74) is 3.47. The van der Waals surface area contributed by atoms with E-state index in [0.717, 1.165) is 31.6 Å². The summed E-state index contributed by atoms with van der Waals surface area (Å²) in [6.45, 7) is 1.51. The number of hydrazone groups is 1. The van der Waals surface area contributed by atoms with Gasteiger partial charge in [-0.25, -0.2) is 0 Å². The first-order chi connectivity index (χ1) is 9.16. The average molecular weight is 300 g/mol. The van der Waals surface area contributed by atoms with E-state index in [-0.39, 0.29) is 11.1 Å². The molecule has 0 aromatic heterocycles. The van der Waals surface area contributed by atoms with Gasteiger partial charge in [0.1, 0.15) is 0 Å². The normalized spacial score (nSPS) is 16.3. The first-order valence-corrected chi connectivity index (χ1v) is 6.96. The number of halogens is 2. The third kappa shape index (κ3) is 4.11. The quantitative estimate of drug-likeness (QED) is 0.687. The molecule has 0 bridgehead atoms. The van der Waals surface area contributed by atoms with E-state index in [1.807, 2.05) is 0 Å². The summed E-state index contributed by atoms with van der Waals surface area (Å²) >= 11 is 11.7. The Balaban J connectivity index is 1.94. The predicted molar refractivity (Wildman–Crippen MR) is 78.8 cm³/mol. The molecule has 1 amide bonds. The van der Waals surface area contributed by atoms with Crippen LogP contribution >= 0.6 is 23.2 Å². The summed E-state index contributed by atoms with van der Waals surface area (Å²) in [5, 5.41) is 4.50. The van der Waals surface area contributed by atoms with Gasteiger partial charge >= 0.3 is 0 Å². The van der Waals surface area contributed by atoms with E-state index in [4.69, 9.17) is 23.2 Å². The number of likely N-dealkylation sites (tertiary alicyclic amines) is 1. The second-order valence-corrected chi connectivity index (χ2v) is 5.17. The minimum absolute atomic E-state index is 0.0446. The number of nitrogens with one attached hydrogen (secondary N) is 1. The van der Waals surface area contributed by atoms with Gasteiger partial charge in [0.25, 0.3) is 5.91 Å². The highest BCUT2D eigenvalue weighted by atomic mass is 35.5. The zero-order valence-electron chi connectivity index (χ0n) is 10.4. The van der Waals surface area contributed by atoms with Gasteiger partial charge in [0.2, 0.25) is 5.17 Å². The Bertz CT molecular complexity index is 467. The van der Waals surface area contributed by atoms with Crippen LogP contribution in [0.5, 0.6) is 0 Å². The van der Waals surface area contributed by atoms with Crippen LogP contribution < -0.4 is 5.43 Å². The lowest BCUT2D eigenvalue weighted by Crippen LogP contribution is -2.38. The Kier molecular flexibility index (Phi) is 5.05. The van der Waals surface area contributed by atoms with E-state index in [9.17, 15) is 4.79 Å². The fourth-order valence-electron chi connectivity index (χ4n) is 1.91. The zero-order valence-corrected chi connectivity index (χ0v) is 11.9. The molecule has 1 aromatic rings. The molecule has 0 unspecified atom stereocenters. The molecule has 0 atom stereocenters. The molecule has 0 radical (unpaired) electrons. The molecule has 1 heterocycles. The smallest absolute Gasteiger partial charge is 0.286 e. The number of piperidine rings is 1. The molecule has 2 rings (SSSR count). The van der Waals surface area contributed by atoms with Crippen LogP contribution in [0.2, 0.25) is 5.02 Å². The van der Waals surface area contributed by atoms with Crippen molar-refractivity contribution < 1.29 is 4.79 Å². The van der Waals surface area contributed by atoms with E-state index in [2.05, 4.69) is 10.5 Å². The second kappa shape index (κ2) is 6.78. The Hall–Kier alpha value is -1.26. The molecular weight excluding hydrogens is 285 g/mol. The molecule has 4 nitrogen and oxygen atoms in total. The molecule has 1 saturated heterocycles. The summed E-state index contributed by atoms with van der Waals surface area (Å²) in [6.07, 6.45) is 3.22. The van der Waals surface area contributed by atoms with Crippen molar-refractivity contribution in [1.82, 2.24) is 4.90 Å². The van der Waals surface area contributed by atoms with Crippen LogP contribution in [-0.2, 0) is 4.79 Å². The molecule has 0 aliphatic carbocycles. The highest BCUT2D eigenvalue weighted by Crippen LogP contribution is 2.14. The molecule has 0 spiro atoms. The van der Waals surface area contributed by atoms with Crippen LogP contribution in [0.15, 0.2) is 29.4 Å². The molecule has 19 heavy (non-hydrogen) atoms. The number of anilines is 1. The maximum Gasteiger partial charge on any atom is 0.286 e. The van der Waals surface area contributed by atoms with Crippen LogP contribution in [-0.4, -0.2) is 29.1 Å². The Labute approximate surface area is 122 Å². The van der Waals surface area contributed by atoms with Gasteiger partial charge < -0.3 is 4.90 Å². The van der Waals surface area contributed by atoms with Crippen LogP contribution in [0.3, 0.4) is 0 Å². The van der Waals surface area contributed by atoms with E-state index in [1.54, 1.807) is 29.2 Å². The van der Waals surface area contributed by atoms with E-state index in [0.29, 0.717) is 5.02 Å². The average Bonchev–Trinajstić information content (AvgIpc) is 2.46. The first-order valence-electron chi connectivity index (χ1n) is 6.21. The lowest BCUT2D eigenvalue weighted by molar-refractivity contribution is -0.124. The van der Waals surface area contributed by atoms with Gasteiger partial charge in [-0.3, -0.25) is 10.2 Å². The maximum absolute atomic E-state index is 12.0. The van der Waals surface area contributed by atoms with Crippen LogP contribution in [0.4, 0.5) is 5.69 Å². The van der Waals surface area contributed by atoms with Crippen LogP contribution in [0, 0.1) is 0 Å². The number of benzene rings is 1. The Morgan fingerprint density at radius 2 is 1.79 bits per heavy atom. The Morgan fingerprint density at radius 1 is 1.16 bits per heavy atom. The number of amides is 1. The van der Waals surface area contributed by atoms with Crippen molar-refractivity contribution in [2.45, 2.75) is 19.3 Å². The van der Waals surface area contributed by atoms with Gasteiger partial charge in [-0.1, -0.05) is 23.2 Å². The fourth-order valence-corrected chi connectivity index (χ4v) is 2.20. The number of carbonyl (C=O) groups excluding carboxylic acids is 1. The summed E-state index contributed by atoms with van der Waals surface area (Å²) < 4.78 is 0. The van der Waals surface area contributed by atoms with Gasteiger partial charge in [0.15, 0.2) is 0 Å². The van der Waals surface area contributed by atoms with Crippen molar-refractivity contribution in [2.75, 3.05) is 18.5 Å². The van der Waals surface area contributed by atoms with E-state index >= 15 is 0 Å². The molecule has 1 aromatic carbocycles. The number of carbonyl (C=O) groups is 1. The number of nitrogens with zero attached hydrogens (tertiary/aromatic N) is 2. The van der Waals surface area contributed by atoms with E-state index in [1.165, 1.54) is 6.42 Å². The third-order valence-electron chi connectivity index (χ3n) is 2.95. The zero-order chi connectivity index (χ0) is 13.7. The molecule has 1 fully saturated rings. The number of rotatable bonds is 3. The number of hydrogen-bond donors (Lipinski definition) is 1. The molecule has 102 valence electrons. The van der Waals surface area contributed by atoms with Gasteiger partial charge in [-0.15, -0.1) is 0 Å². The van der Waals surface area contributed by atoms with Crippen molar-refractivity contribution >= 4 is 40.0 Å². The van der Waals surface area contributed by atoms with Gasteiger partial charge in [-0.05, 0) is 43.5 Å². The highest BCUT2D eigenvalue weighted by Gasteiger charge is 2.20. The van der Waals surface area contributed by atoms with Gasteiger partial charge in [0, 0.05) is 18.1 Å². The molecule has 0 saturated carbocycles.